The van der Waals surface area contributed by atoms with Crippen molar-refractivity contribution in [1.29, 1.82) is 0 Å². The molecule has 1 saturated heterocycles. The van der Waals surface area contributed by atoms with Gasteiger partial charge in [-0.15, -0.1) is 0 Å². The molecule has 1 aromatic carbocycles. The smallest absolute Gasteiger partial charge is 0.218 e. The highest BCUT2D eigenvalue weighted by Crippen LogP contribution is 2.20. The van der Waals surface area contributed by atoms with E-state index >= 15 is 0 Å². The maximum atomic E-state index is 10.8. The van der Waals surface area contributed by atoms with E-state index in [4.69, 9.17) is 4.74 Å². The molecule has 132 valence electrons. The molecule has 0 radical (unpaired) electrons. The van der Waals surface area contributed by atoms with Crippen LogP contribution in [0.25, 0.3) is 17.1 Å². The number of benzene rings is 1. The van der Waals surface area contributed by atoms with Gasteiger partial charge in [-0.1, -0.05) is 30.3 Å². The van der Waals surface area contributed by atoms with Gasteiger partial charge in [0.1, 0.15) is 24.6 Å². The second-order valence-electron chi connectivity index (χ2n) is 6.21. The molecular weight excluding hydrogens is 330 g/mol. The molecule has 0 unspecified atom stereocenters. The van der Waals surface area contributed by atoms with Gasteiger partial charge < -0.3 is 9.64 Å². The number of likely N-dealkylation sites (tertiary alicyclic amines) is 1. The number of aromatic nitrogens is 4. The number of piperidine rings is 1. The van der Waals surface area contributed by atoms with E-state index in [0.29, 0.717) is 24.8 Å². The molecular formula is C19H19N5O2. The second-order valence-corrected chi connectivity index (χ2v) is 6.21. The molecule has 3 aromatic rings. The first-order valence-electron chi connectivity index (χ1n) is 8.59. The van der Waals surface area contributed by atoms with Crippen LogP contribution in [-0.4, -0.2) is 50.0 Å². The largest absolute Gasteiger partial charge is 0.474 e. The van der Waals surface area contributed by atoms with Gasteiger partial charge in [0.25, 0.3) is 0 Å². The van der Waals surface area contributed by atoms with Gasteiger partial charge in [0.15, 0.2) is 0 Å². The molecule has 1 amide bonds. The summed E-state index contributed by atoms with van der Waals surface area (Å²) in [5, 5.41) is 0. The van der Waals surface area contributed by atoms with E-state index in [-0.39, 0.29) is 6.10 Å². The molecule has 0 bridgehead atoms. The van der Waals surface area contributed by atoms with Crippen molar-refractivity contribution in [3.63, 3.8) is 0 Å². The van der Waals surface area contributed by atoms with Crippen LogP contribution in [0.5, 0.6) is 5.88 Å². The zero-order valence-electron chi connectivity index (χ0n) is 14.2. The van der Waals surface area contributed by atoms with E-state index in [1.165, 1.54) is 6.33 Å². The fourth-order valence-corrected chi connectivity index (χ4v) is 3.01. The lowest BCUT2D eigenvalue weighted by molar-refractivity contribution is -0.119. The molecule has 7 nitrogen and oxygen atoms in total. The molecule has 26 heavy (non-hydrogen) atoms. The van der Waals surface area contributed by atoms with E-state index in [9.17, 15) is 4.79 Å². The Bertz CT molecular complexity index is 872. The van der Waals surface area contributed by atoms with Crippen molar-refractivity contribution in [3.8, 4) is 23.0 Å². The summed E-state index contributed by atoms with van der Waals surface area (Å²) < 4.78 is 7.83. The van der Waals surface area contributed by atoms with Crippen LogP contribution in [0.2, 0.25) is 0 Å². The predicted octanol–water partition coefficient (Wildman–Crippen LogP) is 2.33. The molecule has 3 heterocycles. The van der Waals surface area contributed by atoms with Gasteiger partial charge in [-0.3, -0.25) is 9.36 Å². The minimum atomic E-state index is 0.0663. The Morgan fingerprint density at radius 2 is 1.88 bits per heavy atom. The summed E-state index contributed by atoms with van der Waals surface area (Å²) >= 11 is 0. The fourth-order valence-electron chi connectivity index (χ4n) is 3.01. The van der Waals surface area contributed by atoms with Crippen LogP contribution in [0.15, 0.2) is 55.2 Å². The van der Waals surface area contributed by atoms with Crippen molar-refractivity contribution < 1.29 is 9.53 Å². The van der Waals surface area contributed by atoms with Crippen LogP contribution in [0.3, 0.4) is 0 Å². The van der Waals surface area contributed by atoms with Crippen LogP contribution in [0.4, 0.5) is 0 Å². The van der Waals surface area contributed by atoms with Crippen molar-refractivity contribution in [2.45, 2.75) is 18.9 Å². The first-order valence-corrected chi connectivity index (χ1v) is 8.59. The van der Waals surface area contributed by atoms with Gasteiger partial charge in [0.05, 0.1) is 5.69 Å². The van der Waals surface area contributed by atoms with Crippen LogP contribution >= 0.6 is 0 Å². The number of carbonyl (C=O) groups excluding carboxylic acids is 1. The Kier molecular flexibility index (Phi) is 4.59. The molecule has 2 aromatic heterocycles. The van der Waals surface area contributed by atoms with Crippen LogP contribution < -0.4 is 4.74 Å². The van der Waals surface area contributed by atoms with Gasteiger partial charge in [-0.05, 0) is 0 Å². The topological polar surface area (TPSA) is 73.1 Å². The molecule has 1 aliphatic heterocycles. The second kappa shape index (κ2) is 7.35. The summed E-state index contributed by atoms with van der Waals surface area (Å²) in [5.74, 6) is 1.24. The lowest BCUT2D eigenvalue weighted by Gasteiger charge is -2.29. The number of ether oxygens (including phenoxy) is 1. The zero-order valence-corrected chi connectivity index (χ0v) is 14.2. The fraction of sp³-hybridized carbons (Fsp3) is 0.263. The maximum Gasteiger partial charge on any atom is 0.218 e. The number of imidazole rings is 1. The van der Waals surface area contributed by atoms with Gasteiger partial charge in [-0.25, -0.2) is 15.0 Å². The normalized spacial score (nSPS) is 15.0. The average Bonchev–Trinajstić information content (AvgIpc) is 3.20. The molecule has 0 atom stereocenters. The van der Waals surface area contributed by atoms with Crippen molar-refractivity contribution in [3.05, 3.63) is 55.2 Å². The standard InChI is InChI=1S/C19H19N5O2/c25-14-23-8-6-16(7-9-23)26-19-10-18(20-12-21-19)24-11-17(22-13-24)15-4-2-1-3-5-15/h1-5,10-14,16H,6-9H2. The zero-order chi connectivity index (χ0) is 17.8. The minimum Gasteiger partial charge on any atom is -0.474 e. The molecule has 0 spiro atoms. The Hall–Kier alpha value is -3.22. The van der Waals surface area contributed by atoms with Crippen molar-refractivity contribution in [2.24, 2.45) is 0 Å². The monoisotopic (exact) mass is 349 g/mol. The van der Waals surface area contributed by atoms with E-state index in [1.807, 2.05) is 47.2 Å². The lowest BCUT2D eigenvalue weighted by atomic mass is 10.1. The van der Waals surface area contributed by atoms with E-state index in [2.05, 4.69) is 15.0 Å². The number of carbonyl (C=O) groups is 1. The Morgan fingerprint density at radius 3 is 2.65 bits per heavy atom. The number of hydrogen-bond donors (Lipinski definition) is 0. The Balaban J connectivity index is 1.48. The van der Waals surface area contributed by atoms with Gasteiger partial charge in [0.2, 0.25) is 12.3 Å². The SMILES string of the molecule is O=CN1CCC(Oc2cc(-n3cnc(-c4ccccc4)c3)ncn2)CC1. The highest BCUT2D eigenvalue weighted by Gasteiger charge is 2.20. The minimum absolute atomic E-state index is 0.0663. The van der Waals surface area contributed by atoms with E-state index in [0.717, 1.165) is 30.5 Å². The molecule has 4 rings (SSSR count). The summed E-state index contributed by atoms with van der Waals surface area (Å²) in [5.41, 5.74) is 1.94. The van der Waals surface area contributed by atoms with Crippen molar-refractivity contribution >= 4 is 6.41 Å². The first kappa shape index (κ1) is 16.3. The van der Waals surface area contributed by atoms with Gasteiger partial charge in [-0.2, -0.15) is 0 Å². The lowest BCUT2D eigenvalue weighted by Crippen LogP contribution is -2.37. The Morgan fingerprint density at radius 1 is 1.08 bits per heavy atom. The van der Waals surface area contributed by atoms with Gasteiger partial charge in [0, 0.05) is 43.8 Å². The molecule has 0 N–H and O–H groups in total. The first-order chi connectivity index (χ1) is 12.8. The summed E-state index contributed by atoms with van der Waals surface area (Å²) in [6.07, 6.45) is 7.73. The van der Waals surface area contributed by atoms with Crippen LogP contribution in [0, 0.1) is 0 Å². The molecule has 7 heteroatoms. The van der Waals surface area contributed by atoms with Crippen molar-refractivity contribution in [1.82, 2.24) is 24.4 Å². The quantitative estimate of drug-likeness (QED) is 0.661. The number of amides is 1. The molecule has 1 aliphatic rings. The third-order valence-corrected chi connectivity index (χ3v) is 4.46. The van der Waals surface area contributed by atoms with Crippen LogP contribution in [-0.2, 0) is 4.79 Å². The van der Waals surface area contributed by atoms with Crippen molar-refractivity contribution in [2.75, 3.05) is 13.1 Å². The number of hydrogen-bond acceptors (Lipinski definition) is 5. The average molecular weight is 349 g/mol. The summed E-state index contributed by atoms with van der Waals surface area (Å²) in [6, 6.07) is 11.8. The maximum absolute atomic E-state index is 10.8. The highest BCUT2D eigenvalue weighted by atomic mass is 16.5. The summed E-state index contributed by atoms with van der Waals surface area (Å²) in [6.45, 7) is 1.43. The Labute approximate surface area is 151 Å². The van der Waals surface area contributed by atoms with E-state index in [1.54, 1.807) is 11.2 Å². The predicted molar refractivity (Wildman–Crippen MR) is 95.9 cm³/mol. The third kappa shape index (κ3) is 3.56. The molecule has 1 fully saturated rings. The molecule has 0 aliphatic carbocycles. The van der Waals surface area contributed by atoms with Gasteiger partial charge >= 0.3 is 0 Å². The number of rotatable bonds is 5. The van der Waals surface area contributed by atoms with E-state index < -0.39 is 0 Å². The van der Waals surface area contributed by atoms with Crippen LogP contribution in [0.1, 0.15) is 12.8 Å². The number of nitrogens with zero attached hydrogens (tertiary/aromatic N) is 5. The highest BCUT2D eigenvalue weighted by molar-refractivity contribution is 5.58. The third-order valence-electron chi connectivity index (χ3n) is 4.46. The summed E-state index contributed by atoms with van der Waals surface area (Å²) in [7, 11) is 0. The molecule has 0 saturated carbocycles. The summed E-state index contributed by atoms with van der Waals surface area (Å²) in [4.78, 5) is 25.5.